The molecule has 3 heterocycles. The number of aromatic nitrogens is 2. The molecule has 3 rings (SSSR count). The molecule has 28 heavy (non-hydrogen) atoms. The van der Waals surface area contributed by atoms with Gasteiger partial charge in [0.05, 0.1) is 25.5 Å². The first-order chi connectivity index (χ1) is 13.1. The Kier molecular flexibility index (Phi) is 5.12. The maximum absolute atomic E-state index is 12.7. The molecule has 9 nitrogen and oxygen atoms in total. The summed E-state index contributed by atoms with van der Waals surface area (Å²) >= 11 is 0.344. The van der Waals surface area contributed by atoms with E-state index in [1.165, 1.54) is 0 Å². The number of aromatic hydroxyl groups is 1. The normalized spacial score (nSPS) is 13.4. The van der Waals surface area contributed by atoms with Crippen LogP contribution in [0.15, 0.2) is 11.0 Å². The molecular weight excluding hydrogens is 407 g/mol. The molecule has 13 heteroatoms. The quantitative estimate of drug-likeness (QED) is 0.657. The number of carbonyl (C=O) groups is 2. The molecule has 2 aromatic heterocycles. The van der Waals surface area contributed by atoms with Crippen molar-refractivity contribution in [2.24, 2.45) is 0 Å². The van der Waals surface area contributed by atoms with Crippen LogP contribution in [0.25, 0.3) is 0 Å². The number of aliphatic carboxylic acids is 1. The minimum Gasteiger partial charge on any atom is -0.506 e. The highest BCUT2D eigenvalue weighted by Gasteiger charge is 2.35. The van der Waals surface area contributed by atoms with Gasteiger partial charge >= 0.3 is 12.1 Å². The third-order valence-corrected chi connectivity index (χ3v) is 4.91. The molecule has 0 aromatic carbocycles. The monoisotopic (exact) mass is 419 g/mol. The minimum atomic E-state index is -4.63. The molecule has 3 N–H and O–H groups in total. The number of carboxylic acids is 1. The second-order valence-corrected chi connectivity index (χ2v) is 6.85. The average Bonchev–Trinajstić information content (AvgIpc) is 3.25. The highest BCUT2D eigenvalue weighted by atomic mass is 32.1. The molecular formula is C15H12F3N3O6S. The Morgan fingerprint density at radius 2 is 2.07 bits per heavy atom. The van der Waals surface area contributed by atoms with E-state index < -0.39 is 46.5 Å². The van der Waals surface area contributed by atoms with Crippen LogP contribution in [0.5, 0.6) is 5.75 Å². The maximum atomic E-state index is 12.7. The lowest BCUT2D eigenvalue weighted by molar-refractivity contribution is -0.138. The van der Waals surface area contributed by atoms with Gasteiger partial charge in [0.15, 0.2) is 5.01 Å². The third-order valence-electron chi connectivity index (χ3n) is 3.88. The highest BCUT2D eigenvalue weighted by molar-refractivity contribution is 7.11. The molecule has 1 aliphatic heterocycles. The number of rotatable bonds is 5. The Bertz CT molecular complexity index is 1010. The number of halogens is 3. The second kappa shape index (κ2) is 7.24. The summed E-state index contributed by atoms with van der Waals surface area (Å²) in [5.41, 5.74) is -1.32. The lowest BCUT2D eigenvalue weighted by atomic mass is 10.1. The Hall–Kier alpha value is -2.93. The molecule has 0 radical (unpaired) electrons. The van der Waals surface area contributed by atoms with Gasteiger partial charge in [-0.1, -0.05) is 0 Å². The molecule has 0 atom stereocenters. The number of thiazole rings is 1. The number of carbonyl (C=O) groups excluding carboxylic acids is 1. The fraction of sp³-hybridized carbons (Fsp3) is 0.333. The van der Waals surface area contributed by atoms with Crippen LogP contribution in [0, 0.1) is 0 Å². The van der Waals surface area contributed by atoms with Gasteiger partial charge in [0.2, 0.25) is 0 Å². The standard InChI is InChI=1S/C15H12F3N3O6S/c16-15(17,18)14-20-1-6(28-14)3-21-8-5-27-4-7(8)11(24)10(13(21)26)12(25)19-2-9(22)23/h1,24H,2-5H2,(H,19,25)(H,22,23). The van der Waals surface area contributed by atoms with Crippen molar-refractivity contribution >= 4 is 23.2 Å². The van der Waals surface area contributed by atoms with Gasteiger partial charge in [0.25, 0.3) is 11.5 Å². The summed E-state index contributed by atoms with van der Waals surface area (Å²) in [4.78, 5) is 38.9. The Labute approximate surface area is 158 Å². The molecule has 2 aromatic rings. The van der Waals surface area contributed by atoms with E-state index >= 15 is 0 Å². The largest absolute Gasteiger partial charge is 0.506 e. The van der Waals surface area contributed by atoms with E-state index in [0.29, 0.717) is 11.3 Å². The number of fused-ring (bicyclic) bond motifs is 1. The molecule has 150 valence electrons. The summed E-state index contributed by atoms with van der Waals surface area (Å²) in [5, 5.41) is 19.8. The summed E-state index contributed by atoms with van der Waals surface area (Å²) in [6.45, 7) is -1.30. The van der Waals surface area contributed by atoms with Gasteiger partial charge in [-0.15, -0.1) is 11.3 Å². The fourth-order valence-electron chi connectivity index (χ4n) is 2.66. The van der Waals surface area contributed by atoms with Crippen LogP contribution >= 0.6 is 11.3 Å². The number of amides is 1. The predicted molar refractivity (Wildman–Crippen MR) is 87.0 cm³/mol. The molecule has 1 aliphatic rings. The van der Waals surface area contributed by atoms with E-state index in [1.54, 1.807) is 0 Å². The molecule has 0 saturated carbocycles. The van der Waals surface area contributed by atoms with Crippen molar-refractivity contribution < 1.29 is 37.7 Å². The van der Waals surface area contributed by atoms with Crippen molar-refractivity contribution in [1.29, 1.82) is 0 Å². The smallest absolute Gasteiger partial charge is 0.443 e. The van der Waals surface area contributed by atoms with Crippen molar-refractivity contribution in [3.63, 3.8) is 0 Å². The molecule has 0 spiro atoms. The van der Waals surface area contributed by atoms with Crippen LogP contribution in [-0.2, 0) is 35.5 Å². The zero-order valence-electron chi connectivity index (χ0n) is 13.9. The van der Waals surface area contributed by atoms with Crippen LogP contribution in [0.2, 0.25) is 0 Å². The van der Waals surface area contributed by atoms with Crippen molar-refractivity contribution in [3.05, 3.63) is 43.3 Å². The zero-order chi connectivity index (χ0) is 20.6. The van der Waals surface area contributed by atoms with Crippen molar-refractivity contribution in [2.75, 3.05) is 6.54 Å². The number of pyridine rings is 1. The van der Waals surface area contributed by atoms with Gasteiger partial charge in [-0.05, 0) is 0 Å². The van der Waals surface area contributed by atoms with Gasteiger partial charge in [0.1, 0.15) is 17.9 Å². The fourth-order valence-corrected chi connectivity index (χ4v) is 3.43. The predicted octanol–water partition coefficient (Wildman–Crippen LogP) is 0.922. The molecule has 0 fully saturated rings. The Morgan fingerprint density at radius 3 is 2.68 bits per heavy atom. The number of carboxylic acid groups (broad SMARTS) is 1. The molecule has 0 bridgehead atoms. The van der Waals surface area contributed by atoms with Crippen LogP contribution in [0.4, 0.5) is 13.2 Å². The van der Waals surface area contributed by atoms with Crippen molar-refractivity contribution in [3.8, 4) is 5.75 Å². The minimum absolute atomic E-state index is 0.0832. The van der Waals surface area contributed by atoms with E-state index in [9.17, 15) is 32.7 Å². The van der Waals surface area contributed by atoms with Crippen LogP contribution < -0.4 is 10.9 Å². The van der Waals surface area contributed by atoms with E-state index in [0.717, 1.165) is 10.8 Å². The molecule has 0 saturated heterocycles. The number of ether oxygens (including phenoxy) is 1. The second-order valence-electron chi connectivity index (χ2n) is 5.74. The first kappa shape index (κ1) is 19.8. The van der Waals surface area contributed by atoms with Gasteiger partial charge in [-0.2, -0.15) is 13.2 Å². The number of nitrogens with one attached hydrogen (secondary N) is 1. The first-order valence-electron chi connectivity index (χ1n) is 7.66. The molecule has 0 unspecified atom stereocenters. The van der Waals surface area contributed by atoms with E-state index in [2.05, 4.69) is 4.98 Å². The van der Waals surface area contributed by atoms with Crippen molar-refractivity contribution in [1.82, 2.24) is 14.9 Å². The van der Waals surface area contributed by atoms with Crippen LogP contribution in [0.3, 0.4) is 0 Å². The third kappa shape index (κ3) is 3.71. The van der Waals surface area contributed by atoms with Gasteiger partial charge < -0.3 is 24.8 Å². The number of hydrogen-bond acceptors (Lipinski definition) is 7. The summed E-state index contributed by atoms with van der Waals surface area (Å²) < 4.78 is 44.4. The average molecular weight is 419 g/mol. The number of alkyl halides is 3. The molecule has 1 amide bonds. The lowest BCUT2D eigenvalue weighted by Crippen LogP contribution is -2.37. The number of hydrogen-bond donors (Lipinski definition) is 3. The molecule has 0 aliphatic carbocycles. The maximum Gasteiger partial charge on any atom is 0.443 e. The highest BCUT2D eigenvalue weighted by Crippen LogP contribution is 2.34. The van der Waals surface area contributed by atoms with Crippen molar-refractivity contribution in [2.45, 2.75) is 25.9 Å². The van der Waals surface area contributed by atoms with E-state index in [-0.39, 0.29) is 35.9 Å². The lowest BCUT2D eigenvalue weighted by Gasteiger charge is -2.14. The van der Waals surface area contributed by atoms with Crippen LogP contribution in [0.1, 0.15) is 31.5 Å². The zero-order valence-corrected chi connectivity index (χ0v) is 14.7. The SMILES string of the molecule is O=C(O)CNC(=O)c1c(O)c2c(n(Cc3cnc(C(F)(F)F)s3)c1=O)COC2. The van der Waals surface area contributed by atoms with Crippen LogP contribution in [-0.4, -0.2) is 38.2 Å². The summed E-state index contributed by atoms with van der Waals surface area (Å²) in [7, 11) is 0. The van der Waals surface area contributed by atoms with E-state index in [4.69, 9.17) is 9.84 Å². The summed E-state index contributed by atoms with van der Waals surface area (Å²) in [5.74, 6) is -3.12. The van der Waals surface area contributed by atoms with Gasteiger partial charge in [-0.25, -0.2) is 4.98 Å². The topological polar surface area (TPSA) is 131 Å². The Morgan fingerprint density at radius 1 is 1.36 bits per heavy atom. The first-order valence-corrected chi connectivity index (χ1v) is 8.48. The van der Waals surface area contributed by atoms with E-state index in [1.807, 2.05) is 5.32 Å². The number of nitrogens with zero attached hydrogens (tertiary/aromatic N) is 2. The Balaban J connectivity index is 2.04. The van der Waals surface area contributed by atoms with Gasteiger partial charge in [0, 0.05) is 16.6 Å². The summed E-state index contributed by atoms with van der Waals surface area (Å²) in [6.07, 6.45) is -3.66. The van der Waals surface area contributed by atoms with Gasteiger partial charge in [-0.3, -0.25) is 14.4 Å². The summed E-state index contributed by atoms with van der Waals surface area (Å²) in [6, 6.07) is 0.